The number of para-hydroxylation sites is 2. The van der Waals surface area contributed by atoms with Gasteiger partial charge in [0.05, 0.1) is 10.4 Å². The van der Waals surface area contributed by atoms with E-state index < -0.39 is 0 Å². The molecule has 1 aromatic heterocycles. The van der Waals surface area contributed by atoms with Gasteiger partial charge in [-0.15, -0.1) is 11.3 Å². The predicted molar refractivity (Wildman–Crippen MR) is 199 cm³/mol. The number of nitrogens with zero attached hydrogens (tertiary/aromatic N) is 1. The van der Waals surface area contributed by atoms with Crippen molar-refractivity contribution in [3.8, 4) is 22.6 Å². The van der Waals surface area contributed by atoms with E-state index in [4.69, 9.17) is 4.74 Å². The highest BCUT2D eigenvalue weighted by molar-refractivity contribution is 7.18. The van der Waals surface area contributed by atoms with Crippen LogP contribution in [-0.4, -0.2) is 0 Å². The van der Waals surface area contributed by atoms with Gasteiger partial charge in [-0.3, -0.25) is 0 Å². The van der Waals surface area contributed by atoms with Crippen molar-refractivity contribution in [3.63, 3.8) is 0 Å². The van der Waals surface area contributed by atoms with Crippen molar-refractivity contribution in [2.24, 2.45) is 0 Å². The van der Waals surface area contributed by atoms with Crippen LogP contribution in [0.5, 0.6) is 11.5 Å². The van der Waals surface area contributed by atoms with Gasteiger partial charge in [-0.05, 0) is 86.6 Å². The molecule has 8 aromatic rings. The number of hydrogen-bond acceptors (Lipinski definition) is 3. The number of fused-ring (bicyclic) bond motifs is 10. The summed E-state index contributed by atoms with van der Waals surface area (Å²) in [6, 6.07) is 45.7. The Labute approximate surface area is 271 Å². The third-order valence-corrected chi connectivity index (χ3v) is 10.3. The molecule has 0 amide bonds. The van der Waals surface area contributed by atoms with E-state index in [2.05, 4.69) is 152 Å². The second-order valence-electron chi connectivity index (χ2n) is 11.6. The number of benzene rings is 7. The van der Waals surface area contributed by atoms with Gasteiger partial charge >= 0.3 is 0 Å². The minimum absolute atomic E-state index is 0.848. The molecule has 1 aliphatic heterocycles. The second-order valence-corrected chi connectivity index (χ2v) is 12.7. The molecular weight excluding hydrogens is 579 g/mol. The monoisotopic (exact) mass is 607 g/mol. The second kappa shape index (κ2) is 10.5. The Morgan fingerprint density at radius 1 is 0.696 bits per heavy atom. The van der Waals surface area contributed by atoms with Crippen LogP contribution in [-0.2, 0) is 0 Å². The zero-order valence-corrected chi connectivity index (χ0v) is 26.1. The van der Waals surface area contributed by atoms with Gasteiger partial charge < -0.3 is 9.64 Å². The van der Waals surface area contributed by atoms with Gasteiger partial charge in [0.25, 0.3) is 0 Å². The van der Waals surface area contributed by atoms with E-state index in [1.54, 1.807) is 11.3 Å². The third kappa shape index (κ3) is 3.89. The molecule has 0 N–H and O–H groups in total. The molecule has 218 valence electrons. The van der Waals surface area contributed by atoms with Crippen molar-refractivity contribution in [3.05, 3.63) is 150 Å². The number of allylic oxidation sites excluding steroid dienone is 1. The number of rotatable bonds is 3. The molecule has 0 unspecified atom stereocenters. The fraction of sp³-hybridized carbons (Fsp3) is 0.0233. The molecule has 2 nitrogen and oxygen atoms in total. The average Bonchev–Trinajstić information content (AvgIpc) is 3.49. The van der Waals surface area contributed by atoms with E-state index in [1.165, 1.54) is 57.9 Å². The summed E-state index contributed by atoms with van der Waals surface area (Å²) in [6.07, 6.45) is 6.22. The molecule has 0 spiro atoms. The van der Waals surface area contributed by atoms with Crippen LogP contribution in [0.2, 0.25) is 0 Å². The van der Waals surface area contributed by atoms with Crippen LogP contribution in [0.15, 0.2) is 140 Å². The number of ether oxygens (including phenoxy) is 1. The minimum Gasteiger partial charge on any atom is -0.452 e. The smallest absolute Gasteiger partial charge is 0.160 e. The summed E-state index contributed by atoms with van der Waals surface area (Å²) in [5.74, 6) is 1.74. The van der Waals surface area contributed by atoms with Crippen LogP contribution in [0, 0.1) is 0 Å². The molecule has 0 fully saturated rings. The highest BCUT2D eigenvalue weighted by atomic mass is 32.1. The minimum atomic E-state index is 0.848. The van der Waals surface area contributed by atoms with Crippen molar-refractivity contribution >= 4 is 83.0 Å². The van der Waals surface area contributed by atoms with Crippen LogP contribution in [0.3, 0.4) is 0 Å². The van der Waals surface area contributed by atoms with Crippen molar-refractivity contribution in [1.29, 1.82) is 0 Å². The Hall–Kier alpha value is -5.64. The molecule has 9 rings (SSSR count). The summed E-state index contributed by atoms with van der Waals surface area (Å²) in [4.78, 5) is 2.39. The molecule has 2 heterocycles. The molecule has 0 saturated carbocycles. The third-order valence-electron chi connectivity index (χ3n) is 9.15. The SMILES string of the molecule is C=C/C=c1/sc2c3c(c4ccccc4c2/c1=C/C)Oc1ccccc1N3c1ccc(-c2cc3ccccc3c3ccccc23)cc1. The fourth-order valence-electron chi connectivity index (χ4n) is 7.16. The summed E-state index contributed by atoms with van der Waals surface area (Å²) in [5, 5.41) is 9.86. The lowest BCUT2D eigenvalue weighted by molar-refractivity contribution is 0.483. The molecule has 7 aromatic carbocycles. The zero-order valence-electron chi connectivity index (χ0n) is 25.3. The van der Waals surface area contributed by atoms with Crippen molar-refractivity contribution < 1.29 is 4.74 Å². The number of hydrogen-bond donors (Lipinski definition) is 0. The van der Waals surface area contributed by atoms with Gasteiger partial charge in [-0.25, -0.2) is 0 Å². The zero-order chi connectivity index (χ0) is 30.8. The standard InChI is InChI=1S/C43H29NOS/c1-3-13-39-30(4-2)40-34-18-9-10-19-35(34)42-41(43(40)46-39)44(37-20-11-12-21-38(37)45-42)29-24-22-27(23-25-29)36-26-28-14-5-6-15-31(28)32-16-7-8-17-33(32)36/h3-26H,1H2,2H3/b30-4+,39-13+. The lowest BCUT2D eigenvalue weighted by Gasteiger charge is -2.34. The van der Waals surface area contributed by atoms with Crippen LogP contribution < -0.4 is 19.4 Å². The molecule has 0 saturated heterocycles. The summed E-state index contributed by atoms with van der Waals surface area (Å²) in [6.45, 7) is 6.13. The molecular formula is C43H29NOS. The van der Waals surface area contributed by atoms with E-state index in [1.807, 2.05) is 12.1 Å². The van der Waals surface area contributed by atoms with Crippen LogP contribution >= 0.6 is 11.3 Å². The molecule has 1 aliphatic rings. The first kappa shape index (κ1) is 26.7. The van der Waals surface area contributed by atoms with Crippen molar-refractivity contribution in [1.82, 2.24) is 0 Å². The van der Waals surface area contributed by atoms with Crippen molar-refractivity contribution in [2.45, 2.75) is 6.92 Å². The number of thiophene rings is 1. The highest BCUT2D eigenvalue weighted by Gasteiger charge is 2.31. The maximum absolute atomic E-state index is 6.80. The van der Waals surface area contributed by atoms with E-state index in [0.717, 1.165) is 33.9 Å². The summed E-state index contributed by atoms with van der Waals surface area (Å²) in [5.41, 5.74) is 5.63. The Kier molecular flexibility index (Phi) is 6.09. The number of anilines is 3. The van der Waals surface area contributed by atoms with Crippen LogP contribution in [0.25, 0.3) is 65.7 Å². The lowest BCUT2D eigenvalue weighted by Crippen LogP contribution is -2.18. The first-order valence-electron chi connectivity index (χ1n) is 15.6. The van der Waals surface area contributed by atoms with E-state index in [-0.39, 0.29) is 0 Å². The fourth-order valence-corrected chi connectivity index (χ4v) is 8.48. The molecule has 0 radical (unpaired) electrons. The topological polar surface area (TPSA) is 12.5 Å². The van der Waals surface area contributed by atoms with Crippen molar-refractivity contribution in [2.75, 3.05) is 4.90 Å². The highest BCUT2D eigenvalue weighted by Crippen LogP contribution is 2.56. The molecule has 46 heavy (non-hydrogen) atoms. The Bertz CT molecular complexity index is 2650. The largest absolute Gasteiger partial charge is 0.452 e. The van der Waals surface area contributed by atoms with Gasteiger partial charge in [0.2, 0.25) is 0 Å². The average molecular weight is 608 g/mol. The van der Waals surface area contributed by atoms with Crippen LogP contribution in [0.1, 0.15) is 6.92 Å². The van der Waals surface area contributed by atoms with Gasteiger partial charge in [0.1, 0.15) is 5.69 Å². The normalized spacial score (nSPS) is 13.4. The Balaban J connectivity index is 1.31. The Morgan fingerprint density at radius 3 is 2.15 bits per heavy atom. The quantitative estimate of drug-likeness (QED) is 0.185. The van der Waals surface area contributed by atoms with Gasteiger partial charge in [-0.1, -0.05) is 116 Å². The summed E-state index contributed by atoms with van der Waals surface area (Å²) >= 11 is 1.80. The Morgan fingerprint density at radius 2 is 1.37 bits per heavy atom. The molecule has 0 aliphatic carbocycles. The van der Waals surface area contributed by atoms with E-state index in [0.29, 0.717) is 0 Å². The first-order chi connectivity index (χ1) is 22.7. The maximum Gasteiger partial charge on any atom is 0.160 e. The lowest BCUT2D eigenvalue weighted by atomic mass is 9.93. The van der Waals surface area contributed by atoms with Gasteiger partial charge in [-0.2, -0.15) is 0 Å². The molecule has 0 atom stereocenters. The van der Waals surface area contributed by atoms with Crippen LogP contribution in [0.4, 0.5) is 17.1 Å². The van der Waals surface area contributed by atoms with Gasteiger partial charge in [0.15, 0.2) is 11.5 Å². The maximum atomic E-state index is 6.80. The van der Waals surface area contributed by atoms with E-state index in [9.17, 15) is 0 Å². The predicted octanol–water partition coefficient (Wildman–Crippen LogP) is 11.4. The molecule has 3 heteroatoms. The van der Waals surface area contributed by atoms with E-state index >= 15 is 0 Å². The molecule has 0 bridgehead atoms. The first-order valence-corrected chi connectivity index (χ1v) is 16.4. The summed E-state index contributed by atoms with van der Waals surface area (Å²) in [7, 11) is 0. The summed E-state index contributed by atoms with van der Waals surface area (Å²) < 4.78 is 9.20. The van der Waals surface area contributed by atoms with Gasteiger partial charge in [0, 0.05) is 21.0 Å².